The lowest BCUT2D eigenvalue weighted by Crippen LogP contribution is -2.56. The number of nitrogens with zero attached hydrogens (tertiary/aromatic N) is 2. The summed E-state index contributed by atoms with van der Waals surface area (Å²) >= 11 is 0. The standard InChI is InChI=1S/C21H20F3N3O3/c1-14(2)27(16-11-7-4-8-12-16)17(28)13-26-18(29)20(21(22,23)24,25-19(26)30)15-9-5-3-6-10-15/h3-12,14H,13H2,1-2H3,(H,25,30). The molecule has 0 radical (unpaired) electrons. The number of urea groups is 1. The summed E-state index contributed by atoms with van der Waals surface area (Å²) in [4.78, 5) is 39.9. The van der Waals surface area contributed by atoms with E-state index < -0.39 is 41.7 Å². The highest BCUT2D eigenvalue weighted by Gasteiger charge is 2.68. The van der Waals surface area contributed by atoms with E-state index in [0.717, 1.165) is 12.1 Å². The van der Waals surface area contributed by atoms with Crippen LogP contribution in [0.5, 0.6) is 0 Å². The molecule has 0 saturated carbocycles. The summed E-state index contributed by atoms with van der Waals surface area (Å²) < 4.78 is 42.1. The normalized spacial score (nSPS) is 19.2. The molecule has 3 rings (SSSR count). The summed E-state index contributed by atoms with van der Waals surface area (Å²) in [6, 6.07) is 13.3. The molecule has 0 spiro atoms. The van der Waals surface area contributed by atoms with Crippen LogP contribution in [-0.4, -0.2) is 41.5 Å². The maximum Gasteiger partial charge on any atom is 0.425 e. The molecule has 1 N–H and O–H groups in total. The first-order valence-corrected chi connectivity index (χ1v) is 9.23. The maximum atomic E-state index is 14.0. The van der Waals surface area contributed by atoms with Gasteiger partial charge < -0.3 is 10.2 Å². The van der Waals surface area contributed by atoms with Crippen molar-refractivity contribution < 1.29 is 27.6 Å². The van der Waals surface area contributed by atoms with Crippen molar-refractivity contribution >= 4 is 23.5 Å². The highest BCUT2D eigenvalue weighted by atomic mass is 19.4. The molecule has 0 aromatic heterocycles. The van der Waals surface area contributed by atoms with Crippen LogP contribution in [0.2, 0.25) is 0 Å². The fraction of sp³-hybridized carbons (Fsp3) is 0.286. The fourth-order valence-electron chi connectivity index (χ4n) is 3.49. The Kier molecular flexibility index (Phi) is 5.56. The number of hydrogen-bond acceptors (Lipinski definition) is 3. The van der Waals surface area contributed by atoms with Crippen LogP contribution in [0.4, 0.5) is 23.7 Å². The van der Waals surface area contributed by atoms with Crippen molar-refractivity contribution in [2.45, 2.75) is 31.6 Å². The van der Waals surface area contributed by atoms with Gasteiger partial charge in [0.05, 0.1) is 0 Å². The molecule has 2 aromatic carbocycles. The maximum absolute atomic E-state index is 14.0. The van der Waals surface area contributed by atoms with Crippen LogP contribution in [0.1, 0.15) is 19.4 Å². The molecule has 9 heteroatoms. The molecule has 1 unspecified atom stereocenters. The molecule has 1 atom stereocenters. The largest absolute Gasteiger partial charge is 0.425 e. The summed E-state index contributed by atoms with van der Waals surface area (Å²) in [6.45, 7) is 2.63. The lowest BCUT2D eigenvalue weighted by atomic mass is 9.89. The lowest BCUT2D eigenvalue weighted by Gasteiger charge is -2.30. The van der Waals surface area contributed by atoms with E-state index in [-0.39, 0.29) is 6.04 Å². The molecule has 6 nitrogen and oxygen atoms in total. The number of benzene rings is 2. The highest BCUT2D eigenvalue weighted by Crippen LogP contribution is 2.43. The number of nitrogens with one attached hydrogen (secondary N) is 1. The smallest absolute Gasteiger partial charge is 0.312 e. The summed E-state index contributed by atoms with van der Waals surface area (Å²) in [5, 5.41) is 1.78. The van der Waals surface area contributed by atoms with Gasteiger partial charge in [-0.1, -0.05) is 48.5 Å². The molecule has 1 aliphatic rings. The third-order valence-electron chi connectivity index (χ3n) is 4.85. The first-order valence-electron chi connectivity index (χ1n) is 9.23. The zero-order valence-electron chi connectivity index (χ0n) is 16.3. The predicted molar refractivity (Wildman–Crippen MR) is 103 cm³/mol. The molecule has 0 bridgehead atoms. The Morgan fingerprint density at radius 3 is 2.07 bits per heavy atom. The number of carbonyl (C=O) groups excluding carboxylic acids is 3. The Hall–Kier alpha value is -3.36. The van der Waals surface area contributed by atoms with E-state index in [2.05, 4.69) is 0 Å². The van der Waals surface area contributed by atoms with Crippen molar-refractivity contribution in [3.8, 4) is 0 Å². The number of rotatable bonds is 5. The molecule has 1 fully saturated rings. The molecule has 1 saturated heterocycles. The van der Waals surface area contributed by atoms with Gasteiger partial charge in [-0.05, 0) is 31.5 Å². The Labute approximate surface area is 171 Å². The molecule has 4 amide bonds. The van der Waals surface area contributed by atoms with E-state index in [4.69, 9.17) is 0 Å². The van der Waals surface area contributed by atoms with Crippen molar-refractivity contribution in [2.24, 2.45) is 0 Å². The number of para-hydroxylation sites is 1. The third-order valence-corrected chi connectivity index (χ3v) is 4.85. The Morgan fingerprint density at radius 1 is 1.03 bits per heavy atom. The van der Waals surface area contributed by atoms with Gasteiger partial charge in [0, 0.05) is 11.7 Å². The summed E-state index contributed by atoms with van der Waals surface area (Å²) in [5.41, 5.74) is -3.15. The Bertz CT molecular complexity index is 948. The van der Waals surface area contributed by atoms with Crippen LogP contribution in [0.25, 0.3) is 0 Å². The van der Waals surface area contributed by atoms with Crippen molar-refractivity contribution in [1.82, 2.24) is 10.2 Å². The zero-order chi connectivity index (χ0) is 22.1. The van der Waals surface area contributed by atoms with Crippen LogP contribution in [-0.2, 0) is 15.1 Å². The van der Waals surface area contributed by atoms with Gasteiger partial charge in [-0.25, -0.2) is 4.79 Å². The van der Waals surface area contributed by atoms with E-state index >= 15 is 0 Å². The van der Waals surface area contributed by atoms with E-state index in [0.29, 0.717) is 10.6 Å². The minimum atomic E-state index is -5.10. The first kappa shape index (κ1) is 21.4. The quantitative estimate of drug-likeness (QED) is 0.755. The van der Waals surface area contributed by atoms with Gasteiger partial charge >= 0.3 is 12.2 Å². The summed E-state index contributed by atoms with van der Waals surface area (Å²) in [5.74, 6) is -2.21. The second-order valence-corrected chi connectivity index (χ2v) is 7.13. The van der Waals surface area contributed by atoms with Gasteiger partial charge in [-0.2, -0.15) is 13.2 Å². The number of halogens is 3. The van der Waals surface area contributed by atoms with Crippen molar-refractivity contribution in [3.63, 3.8) is 0 Å². The SMILES string of the molecule is CC(C)N(C(=O)CN1C(=O)NC(c2ccccc2)(C(F)(F)F)C1=O)c1ccccc1. The first-order chi connectivity index (χ1) is 14.1. The van der Waals surface area contributed by atoms with Crippen molar-refractivity contribution in [3.05, 3.63) is 66.2 Å². The van der Waals surface area contributed by atoms with Crippen LogP contribution in [0.3, 0.4) is 0 Å². The van der Waals surface area contributed by atoms with Gasteiger partial charge in [0.15, 0.2) is 0 Å². The molecule has 0 aliphatic carbocycles. The van der Waals surface area contributed by atoms with Crippen molar-refractivity contribution in [1.29, 1.82) is 0 Å². The molecule has 1 aliphatic heterocycles. The topological polar surface area (TPSA) is 69.7 Å². The minimum absolute atomic E-state index is 0.321. The zero-order valence-corrected chi connectivity index (χ0v) is 16.3. The van der Waals surface area contributed by atoms with E-state index in [1.54, 1.807) is 49.5 Å². The summed E-state index contributed by atoms with van der Waals surface area (Å²) in [7, 11) is 0. The second kappa shape index (κ2) is 7.81. The molecule has 2 aromatic rings. The molecule has 158 valence electrons. The van der Waals surface area contributed by atoms with Crippen LogP contribution < -0.4 is 10.2 Å². The fourth-order valence-corrected chi connectivity index (χ4v) is 3.49. The van der Waals surface area contributed by atoms with Crippen LogP contribution in [0.15, 0.2) is 60.7 Å². The van der Waals surface area contributed by atoms with E-state index in [1.807, 2.05) is 0 Å². The number of imide groups is 1. The van der Waals surface area contributed by atoms with Crippen LogP contribution in [0, 0.1) is 0 Å². The third kappa shape index (κ3) is 3.51. The average Bonchev–Trinajstić information content (AvgIpc) is 2.95. The van der Waals surface area contributed by atoms with Gasteiger partial charge in [-0.15, -0.1) is 0 Å². The number of hydrogen-bond donors (Lipinski definition) is 1. The molecule has 30 heavy (non-hydrogen) atoms. The van der Waals surface area contributed by atoms with Gasteiger partial charge in [0.1, 0.15) is 6.54 Å². The highest BCUT2D eigenvalue weighted by molar-refractivity contribution is 6.11. The van der Waals surface area contributed by atoms with Gasteiger partial charge in [0.2, 0.25) is 11.4 Å². The molecular formula is C21H20F3N3O3. The van der Waals surface area contributed by atoms with Crippen LogP contribution >= 0.6 is 0 Å². The van der Waals surface area contributed by atoms with E-state index in [1.165, 1.54) is 23.1 Å². The lowest BCUT2D eigenvalue weighted by molar-refractivity contribution is -0.198. The second-order valence-electron chi connectivity index (χ2n) is 7.13. The number of carbonyl (C=O) groups is 3. The van der Waals surface area contributed by atoms with Gasteiger partial charge in [0.25, 0.3) is 5.91 Å². The summed E-state index contributed by atoms with van der Waals surface area (Å²) in [6.07, 6.45) is -5.10. The minimum Gasteiger partial charge on any atom is -0.312 e. The van der Waals surface area contributed by atoms with Crippen molar-refractivity contribution in [2.75, 3.05) is 11.4 Å². The molecular weight excluding hydrogens is 399 g/mol. The average molecular weight is 419 g/mol. The monoisotopic (exact) mass is 419 g/mol. The van der Waals surface area contributed by atoms with Gasteiger partial charge in [-0.3, -0.25) is 14.5 Å². The van der Waals surface area contributed by atoms with E-state index in [9.17, 15) is 27.6 Å². The predicted octanol–water partition coefficient (Wildman–Crippen LogP) is 3.44. The number of anilines is 1. The Morgan fingerprint density at radius 2 is 1.57 bits per heavy atom. The number of amides is 4. The molecule has 1 heterocycles. The number of alkyl halides is 3. The Balaban J connectivity index is 1.95.